The second-order valence-corrected chi connectivity index (χ2v) is 4.09. The molecule has 1 aromatic carbocycles. The first kappa shape index (κ1) is 9.01. The Hall–Kier alpha value is -0.560. The lowest BCUT2D eigenvalue weighted by Crippen LogP contribution is -1.84. The number of rotatable bonds is 2. The third-order valence-corrected chi connectivity index (χ3v) is 3.11. The minimum Gasteiger partial charge on any atom is -0.205 e. The van der Waals surface area contributed by atoms with Crippen molar-refractivity contribution < 1.29 is 4.39 Å². The van der Waals surface area contributed by atoms with E-state index in [-0.39, 0.29) is 10.8 Å². The lowest BCUT2D eigenvalue weighted by atomic mass is 10.1. The zero-order valence-corrected chi connectivity index (χ0v) is 8.31. The molecule has 0 bridgehead atoms. The topological polar surface area (TPSA) is 0 Å². The van der Waals surface area contributed by atoms with Gasteiger partial charge in [0.1, 0.15) is 5.82 Å². The highest BCUT2D eigenvalue weighted by atomic mass is 35.5. The molecule has 1 aromatic rings. The van der Waals surface area contributed by atoms with Crippen molar-refractivity contribution in [1.29, 1.82) is 0 Å². The standard InChI is InChI=1S/C11H12ClF/c1-2-7-5-9(7)8-3-4-11(13)10(12)6-8/h3-4,6-7,9H,2,5H2,1H3/t7-,9-/m0/s1. The molecule has 70 valence electrons. The zero-order valence-electron chi connectivity index (χ0n) is 7.56. The van der Waals surface area contributed by atoms with Crippen LogP contribution in [0.1, 0.15) is 31.2 Å². The smallest absolute Gasteiger partial charge is 0.141 e. The molecule has 0 N–H and O–H groups in total. The van der Waals surface area contributed by atoms with Gasteiger partial charge < -0.3 is 0 Å². The molecule has 1 aliphatic rings. The lowest BCUT2D eigenvalue weighted by Gasteiger charge is -2.00. The Balaban J connectivity index is 2.19. The normalized spacial score (nSPS) is 26.1. The van der Waals surface area contributed by atoms with E-state index in [0.29, 0.717) is 5.92 Å². The van der Waals surface area contributed by atoms with Gasteiger partial charge in [-0.3, -0.25) is 0 Å². The minimum absolute atomic E-state index is 0.249. The summed E-state index contributed by atoms with van der Waals surface area (Å²) in [7, 11) is 0. The van der Waals surface area contributed by atoms with Crippen LogP contribution in [0.5, 0.6) is 0 Å². The second kappa shape index (κ2) is 3.30. The Morgan fingerprint density at radius 2 is 2.31 bits per heavy atom. The van der Waals surface area contributed by atoms with Crippen molar-refractivity contribution in [2.24, 2.45) is 5.92 Å². The van der Waals surface area contributed by atoms with Crippen LogP contribution in [0.15, 0.2) is 18.2 Å². The lowest BCUT2D eigenvalue weighted by molar-refractivity contribution is 0.627. The van der Waals surface area contributed by atoms with E-state index in [0.717, 1.165) is 5.92 Å². The molecule has 0 spiro atoms. The molecule has 2 atom stereocenters. The first-order valence-corrected chi connectivity index (χ1v) is 5.05. The average Bonchev–Trinajstić information content (AvgIpc) is 2.88. The molecule has 0 amide bonds. The summed E-state index contributed by atoms with van der Waals surface area (Å²) in [4.78, 5) is 0. The second-order valence-electron chi connectivity index (χ2n) is 3.68. The van der Waals surface area contributed by atoms with Gasteiger partial charge in [-0.2, -0.15) is 0 Å². The molecule has 2 rings (SSSR count). The third kappa shape index (κ3) is 1.71. The van der Waals surface area contributed by atoms with Crippen molar-refractivity contribution >= 4 is 11.6 Å². The average molecular weight is 199 g/mol. The van der Waals surface area contributed by atoms with Gasteiger partial charge in [-0.1, -0.05) is 31.0 Å². The molecule has 1 fully saturated rings. The van der Waals surface area contributed by atoms with Crippen LogP contribution in [-0.2, 0) is 0 Å². The van der Waals surface area contributed by atoms with Crippen molar-refractivity contribution in [1.82, 2.24) is 0 Å². The first-order chi connectivity index (χ1) is 6.22. The number of halogens is 2. The minimum atomic E-state index is -0.320. The molecule has 0 saturated heterocycles. The van der Waals surface area contributed by atoms with Gasteiger partial charge in [0.2, 0.25) is 0 Å². The van der Waals surface area contributed by atoms with E-state index in [1.807, 2.05) is 6.07 Å². The van der Waals surface area contributed by atoms with Gasteiger partial charge in [0, 0.05) is 0 Å². The van der Waals surface area contributed by atoms with Crippen LogP contribution in [0, 0.1) is 11.7 Å². The van der Waals surface area contributed by atoms with Crippen molar-refractivity contribution in [2.45, 2.75) is 25.7 Å². The zero-order chi connectivity index (χ0) is 9.42. The largest absolute Gasteiger partial charge is 0.205 e. The van der Waals surface area contributed by atoms with Crippen LogP contribution in [0.4, 0.5) is 4.39 Å². The number of hydrogen-bond donors (Lipinski definition) is 0. The van der Waals surface area contributed by atoms with Crippen LogP contribution < -0.4 is 0 Å². The quantitative estimate of drug-likeness (QED) is 0.674. The fourth-order valence-corrected chi connectivity index (χ4v) is 2.04. The van der Waals surface area contributed by atoms with E-state index < -0.39 is 0 Å². The predicted molar refractivity (Wildman–Crippen MR) is 52.5 cm³/mol. The molecule has 0 radical (unpaired) electrons. The molecule has 0 aliphatic heterocycles. The molecule has 0 heterocycles. The summed E-state index contributed by atoms with van der Waals surface area (Å²) in [5, 5.41) is 0.249. The van der Waals surface area contributed by atoms with Crippen LogP contribution in [0.3, 0.4) is 0 Å². The Kier molecular flexibility index (Phi) is 2.29. The van der Waals surface area contributed by atoms with Crippen molar-refractivity contribution in [2.75, 3.05) is 0 Å². The summed E-state index contributed by atoms with van der Waals surface area (Å²) in [5.41, 5.74) is 1.19. The molecular formula is C11H12ClF. The maximum absolute atomic E-state index is 12.8. The van der Waals surface area contributed by atoms with Gasteiger partial charge in [-0.05, 0) is 36.0 Å². The van der Waals surface area contributed by atoms with E-state index in [9.17, 15) is 4.39 Å². The van der Waals surface area contributed by atoms with Crippen LogP contribution in [-0.4, -0.2) is 0 Å². The molecule has 1 saturated carbocycles. The van der Waals surface area contributed by atoms with E-state index >= 15 is 0 Å². The Morgan fingerprint density at radius 1 is 1.54 bits per heavy atom. The van der Waals surface area contributed by atoms with Gasteiger partial charge in [0.05, 0.1) is 5.02 Å². The van der Waals surface area contributed by atoms with Crippen LogP contribution >= 0.6 is 11.6 Å². The molecule has 2 heteroatoms. The van der Waals surface area contributed by atoms with Gasteiger partial charge in [0.15, 0.2) is 0 Å². The summed E-state index contributed by atoms with van der Waals surface area (Å²) in [5.74, 6) is 1.10. The van der Waals surface area contributed by atoms with Gasteiger partial charge in [-0.25, -0.2) is 4.39 Å². The van der Waals surface area contributed by atoms with Crippen molar-refractivity contribution in [3.8, 4) is 0 Å². The third-order valence-electron chi connectivity index (χ3n) is 2.82. The Morgan fingerprint density at radius 3 is 2.85 bits per heavy atom. The molecule has 0 nitrogen and oxygen atoms in total. The van der Waals surface area contributed by atoms with E-state index in [2.05, 4.69) is 6.92 Å². The van der Waals surface area contributed by atoms with Crippen molar-refractivity contribution in [3.05, 3.63) is 34.6 Å². The highest BCUT2D eigenvalue weighted by Gasteiger charge is 2.36. The fourth-order valence-electron chi connectivity index (χ4n) is 1.85. The molecule has 1 aliphatic carbocycles. The summed E-state index contributed by atoms with van der Waals surface area (Å²) >= 11 is 5.70. The van der Waals surface area contributed by atoms with Gasteiger partial charge in [-0.15, -0.1) is 0 Å². The molecular weight excluding hydrogens is 187 g/mol. The van der Waals surface area contributed by atoms with Crippen LogP contribution in [0.25, 0.3) is 0 Å². The SMILES string of the molecule is CC[C@H]1C[C@@H]1c1ccc(F)c(Cl)c1. The number of benzene rings is 1. The summed E-state index contributed by atoms with van der Waals surface area (Å²) in [6, 6.07) is 5.07. The summed E-state index contributed by atoms with van der Waals surface area (Å²) in [6.07, 6.45) is 2.44. The first-order valence-electron chi connectivity index (χ1n) is 4.67. The molecule has 13 heavy (non-hydrogen) atoms. The highest BCUT2D eigenvalue weighted by molar-refractivity contribution is 6.30. The fraction of sp³-hybridized carbons (Fsp3) is 0.455. The highest BCUT2D eigenvalue weighted by Crippen LogP contribution is 2.49. The number of hydrogen-bond acceptors (Lipinski definition) is 0. The molecule has 0 aromatic heterocycles. The van der Waals surface area contributed by atoms with E-state index in [4.69, 9.17) is 11.6 Å². The monoisotopic (exact) mass is 198 g/mol. The summed E-state index contributed by atoms with van der Waals surface area (Å²) < 4.78 is 12.8. The maximum Gasteiger partial charge on any atom is 0.141 e. The summed E-state index contributed by atoms with van der Waals surface area (Å²) in [6.45, 7) is 2.19. The Labute approximate surface area is 82.7 Å². The van der Waals surface area contributed by atoms with Gasteiger partial charge in [0.25, 0.3) is 0 Å². The maximum atomic E-state index is 12.8. The van der Waals surface area contributed by atoms with E-state index in [1.54, 1.807) is 6.07 Å². The van der Waals surface area contributed by atoms with Gasteiger partial charge >= 0.3 is 0 Å². The Bertz CT molecular complexity index is 322. The van der Waals surface area contributed by atoms with Crippen molar-refractivity contribution in [3.63, 3.8) is 0 Å². The van der Waals surface area contributed by atoms with Crippen LogP contribution in [0.2, 0.25) is 5.02 Å². The predicted octanol–water partition coefficient (Wildman–Crippen LogP) is 3.99. The van der Waals surface area contributed by atoms with E-state index in [1.165, 1.54) is 24.5 Å². The molecule has 0 unspecified atom stereocenters.